The van der Waals surface area contributed by atoms with Crippen LogP contribution in [-0.4, -0.2) is 24.1 Å². The summed E-state index contributed by atoms with van der Waals surface area (Å²) >= 11 is 0. The van der Waals surface area contributed by atoms with Crippen LogP contribution in [0.1, 0.15) is 44.5 Å². The second kappa shape index (κ2) is 12.3. The van der Waals surface area contributed by atoms with Gasteiger partial charge in [0.2, 0.25) is 11.8 Å². The van der Waals surface area contributed by atoms with E-state index in [1.807, 2.05) is 12.1 Å². The van der Waals surface area contributed by atoms with Crippen LogP contribution in [0, 0.1) is 41.5 Å². The Morgan fingerprint density at radius 1 is 0.479 bits per heavy atom. The summed E-state index contributed by atoms with van der Waals surface area (Å²) in [5, 5.41) is 0. The molecular weight excluding hydrogens is 592 g/mol. The van der Waals surface area contributed by atoms with Gasteiger partial charge in [-0.3, -0.25) is 0 Å². The molecule has 2 heterocycles. The standard InChI is InChI=1S/C42H42N4O2/c1-25-17-27(3)35(28(4)18-25)23-45(7)33-13-9-31(10-14-33)41-43-37-21-38-40(22-39(37)47-41)48-42(44-38)32-11-15-34(16-12-32)46(8)24-36-29(5)19-26(2)20-30(36)6/h9-22H,23-24H2,1-8H3. The lowest BCUT2D eigenvalue weighted by molar-refractivity contribution is 0.609. The molecule has 0 aliphatic carbocycles. The lowest BCUT2D eigenvalue weighted by Gasteiger charge is -2.22. The largest absolute Gasteiger partial charge is 0.436 e. The maximum Gasteiger partial charge on any atom is 0.227 e. The molecule has 0 amide bonds. The number of anilines is 2. The summed E-state index contributed by atoms with van der Waals surface area (Å²) in [6.45, 7) is 14.8. The monoisotopic (exact) mass is 634 g/mol. The van der Waals surface area contributed by atoms with E-state index in [1.54, 1.807) is 0 Å². The van der Waals surface area contributed by atoms with Crippen LogP contribution in [0.3, 0.4) is 0 Å². The van der Waals surface area contributed by atoms with E-state index in [-0.39, 0.29) is 0 Å². The molecule has 242 valence electrons. The van der Waals surface area contributed by atoms with Crippen molar-refractivity contribution < 1.29 is 8.83 Å². The van der Waals surface area contributed by atoms with Crippen molar-refractivity contribution in [2.75, 3.05) is 23.9 Å². The first-order valence-electron chi connectivity index (χ1n) is 16.5. The minimum absolute atomic E-state index is 0.577. The van der Waals surface area contributed by atoms with Gasteiger partial charge in [0, 0.05) is 55.8 Å². The lowest BCUT2D eigenvalue weighted by atomic mass is 9.99. The molecule has 0 spiro atoms. The van der Waals surface area contributed by atoms with Crippen LogP contribution < -0.4 is 9.80 Å². The van der Waals surface area contributed by atoms with Crippen LogP contribution >= 0.6 is 0 Å². The predicted octanol–water partition coefficient (Wildman–Crippen LogP) is 10.4. The Balaban J connectivity index is 1.06. The van der Waals surface area contributed by atoms with Crippen LogP contribution in [0.2, 0.25) is 0 Å². The van der Waals surface area contributed by atoms with Crippen LogP contribution in [0.5, 0.6) is 0 Å². The fraction of sp³-hybridized carbons (Fsp3) is 0.238. The first-order chi connectivity index (χ1) is 23.0. The highest BCUT2D eigenvalue weighted by atomic mass is 16.4. The number of hydrogen-bond donors (Lipinski definition) is 0. The van der Waals surface area contributed by atoms with E-state index in [0.29, 0.717) is 22.9 Å². The molecule has 0 aliphatic heterocycles. The zero-order valence-electron chi connectivity index (χ0n) is 29.1. The highest BCUT2D eigenvalue weighted by molar-refractivity contribution is 5.91. The third-order valence-electron chi connectivity index (χ3n) is 9.48. The molecule has 6 heteroatoms. The maximum absolute atomic E-state index is 6.21. The van der Waals surface area contributed by atoms with Crippen molar-refractivity contribution in [3.8, 4) is 22.9 Å². The molecule has 0 unspecified atom stereocenters. The zero-order valence-corrected chi connectivity index (χ0v) is 29.1. The number of benzene rings is 5. The average Bonchev–Trinajstić information content (AvgIpc) is 3.66. The summed E-state index contributed by atoms with van der Waals surface area (Å²) in [4.78, 5) is 14.2. The highest BCUT2D eigenvalue weighted by Gasteiger charge is 2.16. The average molecular weight is 635 g/mol. The minimum atomic E-state index is 0.577. The number of fused-ring (bicyclic) bond motifs is 2. The van der Waals surface area contributed by atoms with E-state index < -0.39 is 0 Å². The quantitative estimate of drug-likeness (QED) is 0.166. The molecule has 0 radical (unpaired) electrons. The molecule has 0 bridgehead atoms. The lowest BCUT2D eigenvalue weighted by Crippen LogP contribution is -2.18. The van der Waals surface area contributed by atoms with E-state index in [9.17, 15) is 0 Å². The summed E-state index contributed by atoms with van der Waals surface area (Å²) in [5.74, 6) is 1.15. The smallest absolute Gasteiger partial charge is 0.227 e. The Morgan fingerprint density at radius 2 is 0.833 bits per heavy atom. The molecule has 0 N–H and O–H groups in total. The molecule has 48 heavy (non-hydrogen) atoms. The summed E-state index contributed by atoms with van der Waals surface area (Å²) < 4.78 is 12.4. The van der Waals surface area contributed by atoms with E-state index in [4.69, 9.17) is 18.8 Å². The zero-order chi connectivity index (χ0) is 33.7. The van der Waals surface area contributed by atoms with Gasteiger partial charge in [-0.2, -0.15) is 0 Å². The molecule has 0 aliphatic rings. The Morgan fingerprint density at radius 3 is 1.19 bits per heavy atom. The molecule has 6 nitrogen and oxygen atoms in total. The van der Waals surface area contributed by atoms with Crippen LogP contribution in [0.25, 0.3) is 45.1 Å². The van der Waals surface area contributed by atoms with Gasteiger partial charge in [0.25, 0.3) is 0 Å². The molecule has 0 fully saturated rings. The summed E-state index contributed by atoms with van der Waals surface area (Å²) in [6, 6.07) is 29.6. The molecule has 0 atom stereocenters. The second-order valence-corrected chi connectivity index (χ2v) is 13.4. The molecular formula is C42H42N4O2. The Kier molecular flexibility index (Phi) is 8.04. The molecule has 0 saturated carbocycles. The Hall–Kier alpha value is -5.36. The number of oxazole rings is 2. The minimum Gasteiger partial charge on any atom is -0.436 e. The third kappa shape index (κ3) is 6.06. The fourth-order valence-electron chi connectivity index (χ4n) is 6.89. The highest BCUT2D eigenvalue weighted by Crippen LogP contribution is 2.33. The van der Waals surface area contributed by atoms with Crippen LogP contribution in [0.15, 0.2) is 93.8 Å². The molecule has 5 aromatic carbocycles. The second-order valence-electron chi connectivity index (χ2n) is 13.4. The topological polar surface area (TPSA) is 58.5 Å². The van der Waals surface area contributed by atoms with Crippen molar-refractivity contribution in [3.63, 3.8) is 0 Å². The molecule has 7 aromatic rings. The van der Waals surface area contributed by atoms with Gasteiger partial charge < -0.3 is 18.6 Å². The summed E-state index contributed by atoms with van der Waals surface area (Å²) in [5.41, 5.74) is 17.6. The number of aromatic nitrogens is 2. The van der Waals surface area contributed by atoms with Crippen molar-refractivity contribution in [1.82, 2.24) is 9.97 Å². The molecule has 2 aromatic heterocycles. The first kappa shape index (κ1) is 31.3. The van der Waals surface area contributed by atoms with Gasteiger partial charge in [0.05, 0.1) is 0 Å². The number of nitrogens with zero attached hydrogens (tertiary/aromatic N) is 4. The van der Waals surface area contributed by atoms with E-state index >= 15 is 0 Å². The number of hydrogen-bond acceptors (Lipinski definition) is 6. The molecule has 0 saturated heterocycles. The van der Waals surface area contributed by atoms with Gasteiger partial charge in [0.1, 0.15) is 11.0 Å². The predicted molar refractivity (Wildman–Crippen MR) is 198 cm³/mol. The van der Waals surface area contributed by atoms with Gasteiger partial charge in [-0.25, -0.2) is 9.97 Å². The molecule has 7 rings (SSSR count). The third-order valence-corrected chi connectivity index (χ3v) is 9.48. The number of aryl methyl sites for hydroxylation is 6. The first-order valence-corrected chi connectivity index (χ1v) is 16.5. The van der Waals surface area contributed by atoms with Gasteiger partial charge in [-0.1, -0.05) is 35.4 Å². The van der Waals surface area contributed by atoms with Crippen molar-refractivity contribution in [3.05, 3.63) is 129 Å². The van der Waals surface area contributed by atoms with Gasteiger partial charge in [-0.15, -0.1) is 0 Å². The van der Waals surface area contributed by atoms with E-state index in [2.05, 4.69) is 138 Å². The van der Waals surface area contributed by atoms with Crippen molar-refractivity contribution in [2.45, 2.75) is 54.6 Å². The van der Waals surface area contributed by atoms with Crippen molar-refractivity contribution in [1.29, 1.82) is 0 Å². The Bertz CT molecular complexity index is 2020. The van der Waals surface area contributed by atoms with Crippen molar-refractivity contribution >= 4 is 33.6 Å². The van der Waals surface area contributed by atoms with E-state index in [0.717, 1.165) is 46.6 Å². The van der Waals surface area contributed by atoms with Crippen LogP contribution in [-0.2, 0) is 13.1 Å². The SMILES string of the molecule is Cc1cc(C)c(CN(C)c2ccc(-c3nc4cc5nc(-c6ccc(N(C)Cc7c(C)cc(C)cc7C)cc6)oc5cc4o3)cc2)c(C)c1. The Labute approximate surface area is 282 Å². The summed E-state index contributed by atoms with van der Waals surface area (Å²) in [6.07, 6.45) is 0. The number of rotatable bonds is 8. The normalized spacial score (nSPS) is 11.5. The van der Waals surface area contributed by atoms with Gasteiger partial charge in [-0.05, 0) is 130 Å². The van der Waals surface area contributed by atoms with Gasteiger partial charge >= 0.3 is 0 Å². The van der Waals surface area contributed by atoms with E-state index in [1.165, 1.54) is 44.5 Å². The summed E-state index contributed by atoms with van der Waals surface area (Å²) in [7, 11) is 4.26. The van der Waals surface area contributed by atoms with Crippen molar-refractivity contribution in [2.24, 2.45) is 0 Å². The van der Waals surface area contributed by atoms with Crippen LogP contribution in [0.4, 0.5) is 11.4 Å². The maximum atomic E-state index is 6.21. The van der Waals surface area contributed by atoms with Gasteiger partial charge in [0.15, 0.2) is 11.2 Å². The fourth-order valence-corrected chi connectivity index (χ4v) is 6.89.